The zero-order valence-corrected chi connectivity index (χ0v) is 14.2. The van der Waals surface area contributed by atoms with Crippen LogP contribution in [0.4, 0.5) is 0 Å². The molecule has 0 unspecified atom stereocenters. The van der Waals surface area contributed by atoms with Crippen LogP contribution in [0.5, 0.6) is 0 Å². The molecule has 1 aromatic heterocycles. The molecule has 6 heteroatoms. The van der Waals surface area contributed by atoms with E-state index in [2.05, 4.69) is 26.1 Å². The maximum Gasteiger partial charge on any atom is 0.338 e. The van der Waals surface area contributed by atoms with E-state index in [9.17, 15) is 9.90 Å². The van der Waals surface area contributed by atoms with Crippen LogP contribution in [0.1, 0.15) is 35.5 Å². The van der Waals surface area contributed by atoms with Gasteiger partial charge in [0.15, 0.2) is 0 Å². The number of aromatic carboxylic acids is 1. The highest BCUT2D eigenvalue weighted by Gasteiger charge is 2.21. The molecule has 1 heterocycles. The van der Waals surface area contributed by atoms with Crippen molar-refractivity contribution in [1.82, 2.24) is 10.2 Å². The van der Waals surface area contributed by atoms with E-state index in [1.807, 2.05) is 38.1 Å². The van der Waals surface area contributed by atoms with Gasteiger partial charge in [-0.1, -0.05) is 37.7 Å². The Hall–Kier alpha value is -1.40. The summed E-state index contributed by atoms with van der Waals surface area (Å²) < 4.78 is 0.908. The smallest absolute Gasteiger partial charge is 0.338 e. The normalized spacial score (nSPS) is 10.6. The van der Waals surface area contributed by atoms with Crippen molar-refractivity contribution in [3.8, 4) is 0 Å². The van der Waals surface area contributed by atoms with E-state index in [0.717, 1.165) is 20.6 Å². The van der Waals surface area contributed by atoms with E-state index in [-0.39, 0.29) is 5.56 Å². The zero-order valence-electron chi connectivity index (χ0n) is 11.8. The van der Waals surface area contributed by atoms with E-state index < -0.39 is 5.97 Å². The number of carboxylic acids is 1. The average molecular weight is 367 g/mol. The standard InChI is InChI=1S/C15H15BrN2O2S/c1-3-9-11(4-2)17-18-14(13(9)15(19)20)21-12-8-6-5-7-10(12)16/h5-8H,3-4H2,1-2H3,(H,19,20). The molecule has 4 nitrogen and oxygen atoms in total. The van der Waals surface area contributed by atoms with Gasteiger partial charge in [-0.3, -0.25) is 0 Å². The minimum atomic E-state index is -0.953. The second-order valence-corrected chi connectivity index (χ2v) is 6.24. The maximum absolute atomic E-state index is 11.7. The van der Waals surface area contributed by atoms with Gasteiger partial charge in [0.05, 0.1) is 11.3 Å². The molecule has 2 rings (SSSR count). The van der Waals surface area contributed by atoms with Gasteiger partial charge in [-0.05, 0) is 46.5 Å². The Morgan fingerprint density at radius 3 is 2.52 bits per heavy atom. The second-order valence-electron chi connectivity index (χ2n) is 4.35. The Morgan fingerprint density at radius 1 is 1.24 bits per heavy atom. The molecule has 0 radical (unpaired) electrons. The summed E-state index contributed by atoms with van der Waals surface area (Å²) in [6, 6.07) is 7.65. The summed E-state index contributed by atoms with van der Waals surface area (Å²) in [7, 11) is 0. The molecule has 0 atom stereocenters. The fraction of sp³-hybridized carbons (Fsp3) is 0.267. The molecule has 0 aliphatic rings. The first-order valence-corrected chi connectivity index (χ1v) is 8.23. The van der Waals surface area contributed by atoms with Gasteiger partial charge in [-0.2, -0.15) is 5.10 Å². The molecule has 0 aliphatic carbocycles. The van der Waals surface area contributed by atoms with E-state index in [0.29, 0.717) is 17.9 Å². The van der Waals surface area contributed by atoms with Gasteiger partial charge < -0.3 is 5.11 Å². The number of carbonyl (C=O) groups is 1. The highest BCUT2D eigenvalue weighted by atomic mass is 79.9. The molecule has 0 saturated carbocycles. The Kier molecular flexibility index (Phi) is 5.36. The highest BCUT2D eigenvalue weighted by molar-refractivity contribution is 9.10. The quantitative estimate of drug-likeness (QED) is 0.858. The number of benzene rings is 1. The minimum Gasteiger partial charge on any atom is -0.478 e. The Morgan fingerprint density at radius 2 is 1.95 bits per heavy atom. The number of aromatic nitrogens is 2. The summed E-state index contributed by atoms with van der Waals surface area (Å²) in [5, 5.41) is 18.3. The Labute approximate surface area is 136 Å². The van der Waals surface area contributed by atoms with Gasteiger partial charge in [0.25, 0.3) is 0 Å². The largest absolute Gasteiger partial charge is 0.478 e. The molecule has 0 bridgehead atoms. The monoisotopic (exact) mass is 366 g/mol. The number of aryl methyl sites for hydroxylation is 1. The van der Waals surface area contributed by atoms with Gasteiger partial charge >= 0.3 is 5.97 Å². The van der Waals surface area contributed by atoms with Crippen molar-refractivity contribution >= 4 is 33.7 Å². The van der Waals surface area contributed by atoms with Gasteiger partial charge in [0.2, 0.25) is 0 Å². The average Bonchev–Trinajstić information content (AvgIpc) is 2.48. The van der Waals surface area contributed by atoms with Crippen LogP contribution >= 0.6 is 27.7 Å². The van der Waals surface area contributed by atoms with Crippen molar-refractivity contribution in [2.24, 2.45) is 0 Å². The van der Waals surface area contributed by atoms with Crippen molar-refractivity contribution in [2.75, 3.05) is 0 Å². The molecule has 0 aliphatic heterocycles. The van der Waals surface area contributed by atoms with E-state index in [1.165, 1.54) is 11.8 Å². The van der Waals surface area contributed by atoms with Crippen molar-refractivity contribution in [3.63, 3.8) is 0 Å². The summed E-state index contributed by atoms with van der Waals surface area (Å²) in [6.07, 6.45) is 1.31. The highest BCUT2D eigenvalue weighted by Crippen LogP contribution is 2.35. The molecular formula is C15H15BrN2O2S. The lowest BCUT2D eigenvalue weighted by atomic mass is 10.0. The van der Waals surface area contributed by atoms with Crippen LogP contribution in [0.3, 0.4) is 0 Å². The fourth-order valence-corrected chi connectivity index (χ4v) is 3.52. The number of halogens is 1. The van der Waals surface area contributed by atoms with Gasteiger partial charge in [0.1, 0.15) is 5.03 Å². The lowest BCUT2D eigenvalue weighted by molar-refractivity contribution is 0.0690. The molecule has 0 fully saturated rings. The van der Waals surface area contributed by atoms with Crippen LogP contribution in [0.2, 0.25) is 0 Å². The van der Waals surface area contributed by atoms with Crippen LogP contribution in [-0.4, -0.2) is 21.3 Å². The lowest BCUT2D eigenvalue weighted by Gasteiger charge is -2.12. The molecule has 0 saturated heterocycles. The summed E-state index contributed by atoms with van der Waals surface area (Å²) in [5.41, 5.74) is 1.80. The van der Waals surface area contributed by atoms with E-state index in [4.69, 9.17) is 0 Å². The molecule has 1 N–H and O–H groups in total. The minimum absolute atomic E-state index is 0.269. The number of carboxylic acid groups (broad SMARTS) is 1. The van der Waals surface area contributed by atoms with Crippen LogP contribution in [0.15, 0.2) is 38.7 Å². The van der Waals surface area contributed by atoms with Gasteiger partial charge in [-0.15, -0.1) is 5.10 Å². The Bertz CT molecular complexity index is 677. The zero-order chi connectivity index (χ0) is 15.4. The fourth-order valence-electron chi connectivity index (χ4n) is 2.08. The maximum atomic E-state index is 11.7. The van der Waals surface area contributed by atoms with Gasteiger partial charge in [0, 0.05) is 9.37 Å². The topological polar surface area (TPSA) is 63.1 Å². The number of rotatable bonds is 5. The third-order valence-corrected chi connectivity index (χ3v) is 5.08. The molecule has 2 aromatic rings. The number of hydrogen-bond donors (Lipinski definition) is 1. The molecule has 0 spiro atoms. The summed E-state index contributed by atoms with van der Waals surface area (Å²) in [4.78, 5) is 12.6. The van der Waals surface area contributed by atoms with Gasteiger partial charge in [-0.25, -0.2) is 4.79 Å². The first-order chi connectivity index (χ1) is 10.1. The van der Waals surface area contributed by atoms with Crippen LogP contribution in [0, 0.1) is 0 Å². The summed E-state index contributed by atoms with van der Waals surface area (Å²) in [5.74, 6) is -0.953. The van der Waals surface area contributed by atoms with Crippen molar-refractivity contribution in [2.45, 2.75) is 36.6 Å². The Balaban J connectivity index is 2.54. The third kappa shape index (κ3) is 3.44. The molecule has 110 valence electrons. The SMILES string of the molecule is CCc1nnc(Sc2ccccc2Br)c(C(=O)O)c1CC. The number of hydrogen-bond acceptors (Lipinski definition) is 4. The predicted octanol–water partition coefficient (Wildman–Crippen LogP) is 4.21. The first kappa shape index (κ1) is 16.0. The van der Waals surface area contributed by atoms with Crippen LogP contribution in [-0.2, 0) is 12.8 Å². The van der Waals surface area contributed by atoms with Crippen LogP contribution in [0.25, 0.3) is 0 Å². The number of nitrogens with zero attached hydrogens (tertiary/aromatic N) is 2. The first-order valence-electron chi connectivity index (χ1n) is 6.62. The lowest BCUT2D eigenvalue weighted by Crippen LogP contribution is -2.11. The summed E-state index contributed by atoms with van der Waals surface area (Å²) in [6.45, 7) is 3.89. The molecular weight excluding hydrogens is 352 g/mol. The second kappa shape index (κ2) is 7.04. The van der Waals surface area contributed by atoms with Crippen molar-refractivity contribution in [3.05, 3.63) is 45.6 Å². The third-order valence-electron chi connectivity index (χ3n) is 3.07. The van der Waals surface area contributed by atoms with E-state index in [1.54, 1.807) is 0 Å². The van der Waals surface area contributed by atoms with E-state index >= 15 is 0 Å². The van der Waals surface area contributed by atoms with Crippen molar-refractivity contribution < 1.29 is 9.90 Å². The molecule has 1 aromatic carbocycles. The molecule has 0 amide bonds. The predicted molar refractivity (Wildman–Crippen MR) is 86.0 cm³/mol. The molecule has 21 heavy (non-hydrogen) atoms. The summed E-state index contributed by atoms with van der Waals surface area (Å²) >= 11 is 4.78. The van der Waals surface area contributed by atoms with Crippen LogP contribution < -0.4 is 0 Å². The van der Waals surface area contributed by atoms with Crippen molar-refractivity contribution in [1.29, 1.82) is 0 Å².